The number of furan rings is 1. The van der Waals surface area contributed by atoms with Crippen molar-refractivity contribution in [2.24, 2.45) is 0 Å². The van der Waals surface area contributed by atoms with Gasteiger partial charge in [0.25, 0.3) is 5.91 Å². The molecule has 0 unspecified atom stereocenters. The maximum Gasteiger partial charge on any atom is 0.573 e. The normalized spacial score (nSPS) is 11.5. The van der Waals surface area contributed by atoms with Gasteiger partial charge in [-0.05, 0) is 40.2 Å². The maximum absolute atomic E-state index is 12.4. The smallest absolute Gasteiger partial charge is 0.450 e. The molecule has 0 saturated heterocycles. The maximum atomic E-state index is 12.4. The van der Waals surface area contributed by atoms with Crippen LogP contribution in [0.3, 0.4) is 0 Å². The van der Waals surface area contributed by atoms with Crippen LogP contribution in [0.5, 0.6) is 5.75 Å². The van der Waals surface area contributed by atoms with Gasteiger partial charge >= 0.3 is 6.36 Å². The van der Waals surface area contributed by atoms with E-state index in [0.29, 0.717) is 15.4 Å². The van der Waals surface area contributed by atoms with Crippen molar-refractivity contribution in [3.63, 3.8) is 0 Å². The number of hydrogen-bond donors (Lipinski definition) is 1. The van der Waals surface area contributed by atoms with Crippen LogP contribution in [0.15, 0.2) is 57.4 Å². The van der Waals surface area contributed by atoms with Gasteiger partial charge in [-0.25, -0.2) is 0 Å². The number of halogens is 4. The van der Waals surface area contributed by atoms with Crippen molar-refractivity contribution in [3.05, 3.63) is 58.8 Å². The summed E-state index contributed by atoms with van der Waals surface area (Å²) in [4.78, 5) is 12.3. The highest BCUT2D eigenvalue weighted by molar-refractivity contribution is 9.10. The minimum absolute atomic E-state index is 0.0290. The van der Waals surface area contributed by atoms with Crippen molar-refractivity contribution in [2.75, 3.05) is 5.32 Å². The Bertz CT molecular complexity index is 905. The number of fused-ring (bicyclic) bond motifs is 1. The van der Waals surface area contributed by atoms with Crippen LogP contribution in [0, 0.1) is 0 Å². The van der Waals surface area contributed by atoms with E-state index < -0.39 is 18.0 Å². The Hall–Kier alpha value is -2.48. The van der Waals surface area contributed by atoms with Crippen molar-refractivity contribution in [1.29, 1.82) is 0 Å². The zero-order chi connectivity index (χ0) is 17.3. The first-order valence-electron chi connectivity index (χ1n) is 6.68. The van der Waals surface area contributed by atoms with Gasteiger partial charge in [-0.3, -0.25) is 4.79 Å². The SMILES string of the molecule is O=C(Nc1ccccc1OC(F)(F)F)c1cc2cccc(Br)c2o1. The van der Waals surface area contributed by atoms with Crippen LogP contribution in [0.2, 0.25) is 0 Å². The predicted molar refractivity (Wildman–Crippen MR) is 85.0 cm³/mol. The highest BCUT2D eigenvalue weighted by Gasteiger charge is 2.32. The number of nitrogens with one attached hydrogen (secondary N) is 1. The minimum Gasteiger partial charge on any atom is -0.450 e. The zero-order valence-electron chi connectivity index (χ0n) is 11.9. The molecule has 0 radical (unpaired) electrons. The van der Waals surface area contributed by atoms with Crippen molar-refractivity contribution in [3.8, 4) is 5.75 Å². The lowest BCUT2D eigenvalue weighted by Crippen LogP contribution is -2.19. The van der Waals surface area contributed by atoms with Gasteiger partial charge in [-0.2, -0.15) is 0 Å². The summed E-state index contributed by atoms with van der Waals surface area (Å²) in [5, 5.41) is 3.05. The number of benzene rings is 2. The van der Waals surface area contributed by atoms with E-state index in [2.05, 4.69) is 26.0 Å². The van der Waals surface area contributed by atoms with Crippen molar-refractivity contribution in [1.82, 2.24) is 0 Å². The second-order valence-electron chi connectivity index (χ2n) is 4.77. The van der Waals surface area contributed by atoms with Gasteiger partial charge in [-0.1, -0.05) is 24.3 Å². The van der Waals surface area contributed by atoms with Crippen LogP contribution in [0.1, 0.15) is 10.6 Å². The van der Waals surface area contributed by atoms with E-state index in [9.17, 15) is 18.0 Å². The minimum atomic E-state index is -4.86. The lowest BCUT2D eigenvalue weighted by Gasteiger charge is -2.13. The van der Waals surface area contributed by atoms with Crippen LogP contribution >= 0.6 is 15.9 Å². The molecule has 1 heterocycles. The number of amides is 1. The molecule has 3 rings (SSSR count). The van der Waals surface area contributed by atoms with Gasteiger partial charge < -0.3 is 14.5 Å². The molecule has 1 N–H and O–H groups in total. The number of ether oxygens (including phenoxy) is 1. The molecule has 1 aromatic heterocycles. The number of carbonyl (C=O) groups is 1. The Balaban J connectivity index is 1.88. The first kappa shape index (κ1) is 16.4. The van der Waals surface area contributed by atoms with E-state index in [1.807, 2.05) is 0 Å². The van der Waals surface area contributed by atoms with Crippen LogP contribution in [0.25, 0.3) is 11.0 Å². The van der Waals surface area contributed by atoms with Gasteiger partial charge in [0.1, 0.15) is 5.58 Å². The van der Waals surface area contributed by atoms with Gasteiger partial charge in [0, 0.05) is 5.39 Å². The van der Waals surface area contributed by atoms with Crippen LogP contribution in [-0.2, 0) is 0 Å². The molecular weight excluding hydrogens is 391 g/mol. The standard InChI is InChI=1S/C16H9BrF3NO3/c17-10-5-3-4-9-8-13(23-14(9)10)15(22)21-11-6-1-2-7-12(11)24-16(18,19)20/h1-8H,(H,21,22). The van der Waals surface area contributed by atoms with Crippen molar-refractivity contribution in [2.45, 2.75) is 6.36 Å². The molecule has 1 amide bonds. The highest BCUT2D eigenvalue weighted by Crippen LogP contribution is 2.31. The quantitative estimate of drug-likeness (QED) is 0.645. The third kappa shape index (κ3) is 3.53. The second-order valence-corrected chi connectivity index (χ2v) is 5.62. The van der Waals surface area contributed by atoms with Gasteiger partial charge in [0.2, 0.25) is 0 Å². The van der Waals surface area contributed by atoms with Crippen molar-refractivity contribution < 1.29 is 27.1 Å². The topological polar surface area (TPSA) is 51.5 Å². The Labute approximate surface area is 142 Å². The van der Waals surface area contributed by atoms with E-state index in [0.717, 1.165) is 6.07 Å². The first-order chi connectivity index (χ1) is 11.3. The Morgan fingerprint density at radius 1 is 1.12 bits per heavy atom. The molecule has 0 aliphatic carbocycles. The highest BCUT2D eigenvalue weighted by atomic mass is 79.9. The molecule has 0 bridgehead atoms. The lowest BCUT2D eigenvalue weighted by molar-refractivity contribution is -0.274. The fraction of sp³-hybridized carbons (Fsp3) is 0.0625. The van der Waals surface area contributed by atoms with E-state index in [1.54, 1.807) is 18.2 Å². The summed E-state index contributed by atoms with van der Waals surface area (Å²) in [6.07, 6.45) is -4.86. The fourth-order valence-corrected chi connectivity index (χ4v) is 2.57. The lowest BCUT2D eigenvalue weighted by atomic mass is 10.2. The third-order valence-corrected chi connectivity index (χ3v) is 3.71. The number of anilines is 1. The molecule has 2 aromatic carbocycles. The molecule has 0 spiro atoms. The summed E-state index contributed by atoms with van der Waals surface area (Å²) in [6, 6.07) is 12.0. The largest absolute Gasteiger partial charge is 0.573 e. The number of para-hydroxylation sites is 3. The average molecular weight is 400 g/mol. The molecule has 0 aliphatic rings. The number of hydrogen-bond acceptors (Lipinski definition) is 3. The molecule has 8 heteroatoms. The Kier molecular flexibility index (Phi) is 4.23. The third-order valence-electron chi connectivity index (χ3n) is 3.08. The molecule has 3 aromatic rings. The average Bonchev–Trinajstić information content (AvgIpc) is 2.93. The summed E-state index contributed by atoms with van der Waals surface area (Å²) >= 11 is 3.30. The van der Waals surface area contributed by atoms with Crippen LogP contribution in [0.4, 0.5) is 18.9 Å². The van der Waals surface area contributed by atoms with E-state index >= 15 is 0 Å². The zero-order valence-corrected chi connectivity index (χ0v) is 13.4. The molecule has 0 atom stereocenters. The molecule has 0 aliphatic heterocycles. The monoisotopic (exact) mass is 399 g/mol. The van der Waals surface area contributed by atoms with Gasteiger partial charge in [0.05, 0.1) is 10.2 Å². The summed E-state index contributed by atoms with van der Waals surface area (Å²) < 4.78 is 47.2. The fourth-order valence-electron chi connectivity index (χ4n) is 2.11. The molecule has 124 valence electrons. The molecule has 0 fully saturated rings. The Morgan fingerprint density at radius 3 is 2.58 bits per heavy atom. The van der Waals surface area contributed by atoms with Crippen molar-refractivity contribution >= 4 is 38.5 Å². The number of alkyl halides is 3. The Morgan fingerprint density at radius 2 is 1.88 bits per heavy atom. The molecule has 4 nitrogen and oxygen atoms in total. The van der Waals surface area contributed by atoms with E-state index in [1.165, 1.54) is 24.3 Å². The molecule has 24 heavy (non-hydrogen) atoms. The van der Waals surface area contributed by atoms with Crippen LogP contribution in [-0.4, -0.2) is 12.3 Å². The van der Waals surface area contributed by atoms with Crippen LogP contribution < -0.4 is 10.1 Å². The van der Waals surface area contributed by atoms with E-state index in [-0.39, 0.29) is 11.4 Å². The molecule has 0 saturated carbocycles. The predicted octanol–water partition coefficient (Wildman–Crippen LogP) is 5.35. The van der Waals surface area contributed by atoms with Gasteiger partial charge in [-0.15, -0.1) is 13.2 Å². The number of rotatable bonds is 3. The summed E-state index contributed by atoms with van der Waals surface area (Å²) in [6.45, 7) is 0. The number of carbonyl (C=O) groups excluding carboxylic acids is 1. The first-order valence-corrected chi connectivity index (χ1v) is 7.47. The van der Waals surface area contributed by atoms with Gasteiger partial charge in [0.15, 0.2) is 11.5 Å². The summed E-state index contributed by atoms with van der Waals surface area (Å²) in [7, 11) is 0. The van der Waals surface area contributed by atoms with E-state index in [4.69, 9.17) is 4.42 Å². The summed E-state index contributed by atoms with van der Waals surface area (Å²) in [5.74, 6) is -1.22. The summed E-state index contributed by atoms with van der Waals surface area (Å²) in [5.41, 5.74) is 0.363. The second kappa shape index (κ2) is 6.20. The molecular formula is C16H9BrF3NO3.